The van der Waals surface area contributed by atoms with Crippen LogP contribution in [0.3, 0.4) is 0 Å². The highest BCUT2D eigenvalue weighted by Gasteiger charge is 2.28. The molecule has 0 radical (unpaired) electrons. The molecule has 7 heteroatoms. The van der Waals surface area contributed by atoms with Crippen LogP contribution < -0.4 is 4.72 Å². The van der Waals surface area contributed by atoms with Gasteiger partial charge in [-0.15, -0.1) is 0 Å². The summed E-state index contributed by atoms with van der Waals surface area (Å²) in [5.74, 6) is 0. The highest BCUT2D eigenvalue weighted by molar-refractivity contribution is 9.10. The van der Waals surface area contributed by atoms with Crippen LogP contribution in [0.1, 0.15) is 26.7 Å². The molecule has 114 valence electrons. The number of hydrogen-bond acceptors (Lipinski definition) is 3. The fourth-order valence-electron chi connectivity index (χ4n) is 1.86. The Morgan fingerprint density at radius 3 is 2.40 bits per heavy atom. The van der Waals surface area contributed by atoms with Gasteiger partial charge in [0.2, 0.25) is 10.0 Å². The molecule has 0 saturated heterocycles. The number of thioether (sulfide) groups is 1. The van der Waals surface area contributed by atoms with Gasteiger partial charge < -0.3 is 0 Å². The fourth-order valence-corrected chi connectivity index (χ4v) is 4.91. The molecule has 20 heavy (non-hydrogen) atoms. The zero-order valence-electron chi connectivity index (χ0n) is 11.7. The summed E-state index contributed by atoms with van der Waals surface area (Å²) in [5, 5.41) is 0.217. The Labute approximate surface area is 139 Å². The molecular formula is C13H19BrClNO2S2. The topological polar surface area (TPSA) is 46.2 Å². The van der Waals surface area contributed by atoms with Crippen molar-refractivity contribution < 1.29 is 8.42 Å². The van der Waals surface area contributed by atoms with Crippen molar-refractivity contribution in [1.82, 2.24) is 4.72 Å². The largest absolute Gasteiger partial charge is 0.242 e. The van der Waals surface area contributed by atoms with Crippen molar-refractivity contribution in [3.05, 3.63) is 27.7 Å². The molecule has 0 bridgehead atoms. The zero-order valence-corrected chi connectivity index (χ0v) is 15.7. The first-order valence-electron chi connectivity index (χ1n) is 6.30. The van der Waals surface area contributed by atoms with E-state index < -0.39 is 10.0 Å². The van der Waals surface area contributed by atoms with Gasteiger partial charge in [0.25, 0.3) is 0 Å². The lowest BCUT2D eigenvalue weighted by molar-refractivity contribution is 0.522. The van der Waals surface area contributed by atoms with E-state index in [0.29, 0.717) is 6.54 Å². The zero-order chi connectivity index (χ0) is 15.4. The predicted octanol–water partition coefficient (Wildman–Crippen LogP) is 4.30. The Balaban J connectivity index is 2.96. The summed E-state index contributed by atoms with van der Waals surface area (Å²) in [5.41, 5.74) is 0. The van der Waals surface area contributed by atoms with Gasteiger partial charge in [0.05, 0.1) is 5.02 Å². The van der Waals surface area contributed by atoms with E-state index in [4.69, 9.17) is 11.6 Å². The lowest BCUT2D eigenvalue weighted by Gasteiger charge is -2.29. The summed E-state index contributed by atoms with van der Waals surface area (Å²) in [7, 11) is -3.59. The molecule has 0 aliphatic rings. The quantitative estimate of drug-likeness (QED) is 0.742. The monoisotopic (exact) mass is 399 g/mol. The first kappa shape index (κ1) is 18.3. The average Bonchev–Trinajstić information content (AvgIpc) is 2.40. The Bertz CT molecular complexity index is 551. The van der Waals surface area contributed by atoms with Gasteiger partial charge in [-0.25, -0.2) is 13.1 Å². The van der Waals surface area contributed by atoms with Gasteiger partial charge in [0.15, 0.2) is 0 Å². The summed E-state index contributed by atoms with van der Waals surface area (Å²) in [6, 6.07) is 4.76. The number of nitrogens with one attached hydrogen (secondary N) is 1. The third kappa shape index (κ3) is 4.37. The molecule has 0 heterocycles. The first-order valence-corrected chi connectivity index (χ1v) is 10.2. The second-order valence-electron chi connectivity index (χ2n) is 4.49. The standard InChI is InChI=1S/C13H19BrClNO2S2/c1-4-13(5-2,19-3)9-16-20(17,18)12-7-6-10(14)8-11(12)15/h6-8,16H,4-5,9H2,1-3H3. The molecule has 0 saturated carbocycles. The molecule has 0 unspecified atom stereocenters. The average molecular weight is 401 g/mol. The molecule has 0 aromatic heterocycles. The SMILES string of the molecule is CCC(CC)(CNS(=O)(=O)c1ccc(Br)cc1Cl)SC. The molecule has 0 aliphatic carbocycles. The second kappa shape index (κ2) is 7.49. The highest BCUT2D eigenvalue weighted by atomic mass is 79.9. The minimum absolute atomic E-state index is 0.0745. The number of halogens is 2. The third-order valence-corrected chi connectivity index (χ3v) is 7.45. The van der Waals surface area contributed by atoms with Crippen molar-refractivity contribution in [3.8, 4) is 0 Å². The van der Waals surface area contributed by atoms with E-state index in [1.807, 2.05) is 6.26 Å². The van der Waals surface area contributed by atoms with Crippen molar-refractivity contribution in [2.24, 2.45) is 0 Å². The van der Waals surface area contributed by atoms with Crippen molar-refractivity contribution in [3.63, 3.8) is 0 Å². The number of hydrogen-bond donors (Lipinski definition) is 1. The summed E-state index contributed by atoms with van der Waals surface area (Å²) in [6.45, 7) is 4.54. The maximum absolute atomic E-state index is 12.3. The van der Waals surface area contributed by atoms with E-state index in [1.165, 1.54) is 6.07 Å². The van der Waals surface area contributed by atoms with E-state index in [0.717, 1.165) is 17.3 Å². The molecule has 0 atom stereocenters. The van der Waals surface area contributed by atoms with Crippen molar-refractivity contribution in [2.75, 3.05) is 12.8 Å². The Kier molecular flexibility index (Phi) is 6.86. The number of benzene rings is 1. The van der Waals surface area contributed by atoms with E-state index in [1.54, 1.807) is 23.9 Å². The summed E-state index contributed by atoms with van der Waals surface area (Å²) in [6.07, 6.45) is 3.82. The molecule has 0 amide bonds. The molecule has 1 aromatic carbocycles. The molecule has 0 aliphatic heterocycles. The molecular weight excluding hydrogens is 382 g/mol. The van der Waals surface area contributed by atoms with Crippen LogP contribution in [0.5, 0.6) is 0 Å². The van der Waals surface area contributed by atoms with Crippen molar-refractivity contribution in [1.29, 1.82) is 0 Å². The summed E-state index contributed by atoms with van der Waals surface area (Å²) in [4.78, 5) is 0.115. The van der Waals surface area contributed by atoms with Gasteiger partial charge in [0, 0.05) is 15.8 Å². The summed E-state index contributed by atoms with van der Waals surface area (Å²) < 4.78 is 28.0. The predicted molar refractivity (Wildman–Crippen MR) is 91.2 cm³/mol. The van der Waals surface area contributed by atoms with Crippen LogP contribution in [0.25, 0.3) is 0 Å². The normalized spacial score (nSPS) is 12.7. The Morgan fingerprint density at radius 1 is 1.35 bits per heavy atom. The number of sulfonamides is 1. The van der Waals surface area contributed by atoms with Crippen LogP contribution in [-0.4, -0.2) is 26.0 Å². The lowest BCUT2D eigenvalue weighted by Crippen LogP contribution is -2.39. The smallest absolute Gasteiger partial charge is 0.210 e. The van der Waals surface area contributed by atoms with Crippen LogP contribution in [0, 0.1) is 0 Å². The molecule has 1 aromatic rings. The van der Waals surface area contributed by atoms with Crippen LogP contribution in [0.15, 0.2) is 27.6 Å². The van der Waals surface area contributed by atoms with E-state index in [-0.39, 0.29) is 14.7 Å². The van der Waals surface area contributed by atoms with Gasteiger partial charge in [-0.3, -0.25) is 0 Å². The Morgan fingerprint density at radius 2 is 1.95 bits per heavy atom. The van der Waals surface area contributed by atoms with Gasteiger partial charge in [0.1, 0.15) is 4.90 Å². The van der Waals surface area contributed by atoms with Crippen LogP contribution in [-0.2, 0) is 10.0 Å². The van der Waals surface area contributed by atoms with E-state index >= 15 is 0 Å². The van der Waals surface area contributed by atoms with Crippen LogP contribution >= 0.6 is 39.3 Å². The van der Waals surface area contributed by atoms with E-state index in [2.05, 4.69) is 34.5 Å². The van der Waals surface area contributed by atoms with Crippen LogP contribution in [0.2, 0.25) is 5.02 Å². The third-order valence-electron chi connectivity index (χ3n) is 3.49. The lowest BCUT2D eigenvalue weighted by atomic mass is 10.0. The van der Waals surface area contributed by atoms with Gasteiger partial charge in [-0.2, -0.15) is 11.8 Å². The molecule has 1 N–H and O–H groups in total. The van der Waals surface area contributed by atoms with Gasteiger partial charge in [-0.1, -0.05) is 41.4 Å². The van der Waals surface area contributed by atoms with E-state index in [9.17, 15) is 8.42 Å². The minimum Gasteiger partial charge on any atom is -0.210 e. The van der Waals surface area contributed by atoms with Crippen molar-refractivity contribution >= 4 is 49.3 Å². The maximum atomic E-state index is 12.3. The maximum Gasteiger partial charge on any atom is 0.242 e. The summed E-state index contributed by atoms with van der Waals surface area (Å²) >= 11 is 11.0. The first-order chi connectivity index (χ1) is 9.30. The molecule has 0 spiro atoms. The molecule has 3 nitrogen and oxygen atoms in total. The van der Waals surface area contributed by atoms with Gasteiger partial charge >= 0.3 is 0 Å². The number of rotatable bonds is 7. The Hall–Kier alpha value is 0.250. The molecule has 0 fully saturated rings. The fraction of sp³-hybridized carbons (Fsp3) is 0.538. The second-order valence-corrected chi connectivity index (χ2v) is 8.83. The highest BCUT2D eigenvalue weighted by Crippen LogP contribution is 2.31. The molecule has 1 rings (SSSR count). The van der Waals surface area contributed by atoms with Crippen LogP contribution in [0.4, 0.5) is 0 Å². The van der Waals surface area contributed by atoms with Crippen molar-refractivity contribution in [2.45, 2.75) is 36.3 Å². The van der Waals surface area contributed by atoms with Gasteiger partial charge in [-0.05, 0) is 37.3 Å². The minimum atomic E-state index is -3.59.